The molecule has 7 heteroatoms. The summed E-state index contributed by atoms with van der Waals surface area (Å²) in [5, 5.41) is 5.13. The van der Waals surface area contributed by atoms with Crippen molar-refractivity contribution >= 4 is 17.5 Å². The van der Waals surface area contributed by atoms with Crippen LogP contribution in [0.4, 0.5) is 14.5 Å². The van der Waals surface area contributed by atoms with Gasteiger partial charge < -0.3 is 15.4 Å². The van der Waals surface area contributed by atoms with E-state index in [9.17, 15) is 18.4 Å². The average molecular weight is 424 g/mol. The van der Waals surface area contributed by atoms with Gasteiger partial charge in [-0.25, -0.2) is 8.78 Å². The Morgan fingerprint density at radius 2 is 1.39 bits per heavy atom. The summed E-state index contributed by atoms with van der Waals surface area (Å²) >= 11 is 0. The van der Waals surface area contributed by atoms with Gasteiger partial charge in [0.25, 0.3) is 5.91 Å². The molecule has 0 fully saturated rings. The summed E-state index contributed by atoms with van der Waals surface area (Å²) in [6.45, 7) is 3.44. The molecule has 0 bridgehead atoms. The van der Waals surface area contributed by atoms with Crippen LogP contribution in [0, 0.1) is 17.6 Å². The molecule has 1 unspecified atom stereocenters. The zero-order valence-electron chi connectivity index (χ0n) is 17.1. The molecule has 0 aliphatic carbocycles. The van der Waals surface area contributed by atoms with Gasteiger partial charge in [-0.1, -0.05) is 38.1 Å². The highest BCUT2D eigenvalue weighted by Gasteiger charge is 2.27. The molecule has 5 nitrogen and oxygen atoms in total. The first-order valence-electron chi connectivity index (χ1n) is 9.74. The SMILES string of the molecule is CC(C)C(NC(=O)c1c(F)cccc1F)C(=O)Nc1ccc(Oc2ccccc2)cc1. The standard InChI is InChI=1S/C24H22F2N2O3/c1-15(2)22(28-23(29)21-19(25)9-6-10-20(21)26)24(30)27-16-11-13-18(14-12-16)31-17-7-4-3-5-8-17/h3-15,22H,1-2H3,(H,27,30)(H,28,29). The lowest BCUT2D eigenvalue weighted by Gasteiger charge is -2.22. The van der Waals surface area contributed by atoms with Crippen LogP contribution >= 0.6 is 0 Å². The van der Waals surface area contributed by atoms with E-state index in [1.54, 1.807) is 38.1 Å². The van der Waals surface area contributed by atoms with E-state index < -0.39 is 35.1 Å². The monoisotopic (exact) mass is 424 g/mol. The molecule has 0 aliphatic rings. The van der Waals surface area contributed by atoms with Crippen molar-refractivity contribution in [3.8, 4) is 11.5 Å². The molecule has 3 aromatic carbocycles. The van der Waals surface area contributed by atoms with Crippen molar-refractivity contribution in [3.05, 3.63) is 90.0 Å². The minimum Gasteiger partial charge on any atom is -0.457 e. The Bertz CT molecular complexity index is 1030. The van der Waals surface area contributed by atoms with Crippen LogP contribution < -0.4 is 15.4 Å². The van der Waals surface area contributed by atoms with Crippen LogP contribution in [0.1, 0.15) is 24.2 Å². The number of rotatable bonds is 7. The number of para-hydroxylation sites is 1. The Hall–Kier alpha value is -3.74. The van der Waals surface area contributed by atoms with E-state index in [-0.39, 0.29) is 5.92 Å². The number of hydrogen-bond acceptors (Lipinski definition) is 3. The fourth-order valence-corrected chi connectivity index (χ4v) is 2.91. The van der Waals surface area contributed by atoms with Gasteiger partial charge in [0.1, 0.15) is 34.7 Å². The molecule has 0 saturated heterocycles. The number of carbonyl (C=O) groups is 2. The summed E-state index contributed by atoms with van der Waals surface area (Å²) in [4.78, 5) is 25.1. The molecule has 0 saturated carbocycles. The molecule has 3 rings (SSSR count). The first-order chi connectivity index (χ1) is 14.8. The molecule has 2 amide bonds. The van der Waals surface area contributed by atoms with Gasteiger partial charge in [-0.05, 0) is 54.4 Å². The summed E-state index contributed by atoms with van der Waals surface area (Å²) in [5.41, 5.74) is -0.231. The Morgan fingerprint density at radius 1 is 0.806 bits per heavy atom. The summed E-state index contributed by atoms with van der Waals surface area (Å²) in [7, 11) is 0. The van der Waals surface area contributed by atoms with Crippen molar-refractivity contribution in [1.82, 2.24) is 5.32 Å². The van der Waals surface area contributed by atoms with Crippen molar-refractivity contribution in [2.24, 2.45) is 5.92 Å². The minimum atomic E-state index is -0.994. The summed E-state index contributed by atoms with van der Waals surface area (Å²) in [5.74, 6) is -2.52. The third-order valence-corrected chi connectivity index (χ3v) is 4.53. The highest BCUT2D eigenvalue weighted by molar-refractivity contribution is 6.01. The summed E-state index contributed by atoms with van der Waals surface area (Å²) in [6.07, 6.45) is 0. The zero-order valence-corrected chi connectivity index (χ0v) is 17.1. The molecule has 0 radical (unpaired) electrons. The average Bonchev–Trinajstić information content (AvgIpc) is 2.74. The fourth-order valence-electron chi connectivity index (χ4n) is 2.91. The van der Waals surface area contributed by atoms with Crippen molar-refractivity contribution in [2.45, 2.75) is 19.9 Å². The molecule has 0 aliphatic heterocycles. The van der Waals surface area contributed by atoms with Crippen LogP contribution in [0.3, 0.4) is 0 Å². The maximum Gasteiger partial charge on any atom is 0.257 e. The molecule has 1 atom stereocenters. The molecule has 160 valence electrons. The van der Waals surface area contributed by atoms with Gasteiger partial charge >= 0.3 is 0 Å². The highest BCUT2D eigenvalue weighted by Crippen LogP contribution is 2.23. The number of halogens is 2. The van der Waals surface area contributed by atoms with E-state index in [1.807, 2.05) is 30.3 Å². The van der Waals surface area contributed by atoms with Gasteiger partial charge in [0.15, 0.2) is 0 Å². The quantitative estimate of drug-likeness (QED) is 0.551. The maximum atomic E-state index is 13.9. The first-order valence-corrected chi connectivity index (χ1v) is 9.74. The second-order valence-electron chi connectivity index (χ2n) is 7.22. The normalized spacial score (nSPS) is 11.6. The number of benzene rings is 3. The van der Waals surface area contributed by atoms with E-state index in [0.29, 0.717) is 17.2 Å². The van der Waals surface area contributed by atoms with Gasteiger partial charge in [0.05, 0.1) is 0 Å². The Kier molecular flexibility index (Phi) is 6.97. The molecule has 0 spiro atoms. The number of amides is 2. The van der Waals surface area contributed by atoms with Gasteiger partial charge in [-0.2, -0.15) is 0 Å². The van der Waals surface area contributed by atoms with Gasteiger partial charge in [-0.3, -0.25) is 9.59 Å². The maximum absolute atomic E-state index is 13.9. The molecule has 31 heavy (non-hydrogen) atoms. The van der Waals surface area contributed by atoms with Crippen molar-refractivity contribution < 1.29 is 23.1 Å². The summed E-state index contributed by atoms with van der Waals surface area (Å²) in [6, 6.07) is 18.1. The first kappa shape index (κ1) is 22.0. The van der Waals surface area contributed by atoms with E-state index in [4.69, 9.17) is 4.74 Å². The summed E-state index contributed by atoms with van der Waals surface area (Å²) < 4.78 is 33.5. The topological polar surface area (TPSA) is 67.4 Å². The lowest BCUT2D eigenvalue weighted by Crippen LogP contribution is -2.47. The number of anilines is 1. The van der Waals surface area contributed by atoms with E-state index >= 15 is 0 Å². The smallest absolute Gasteiger partial charge is 0.257 e. The van der Waals surface area contributed by atoms with Crippen molar-refractivity contribution in [2.75, 3.05) is 5.32 Å². The number of hydrogen-bond donors (Lipinski definition) is 2. The number of nitrogens with one attached hydrogen (secondary N) is 2. The second kappa shape index (κ2) is 9.84. The van der Waals surface area contributed by atoms with Crippen molar-refractivity contribution in [3.63, 3.8) is 0 Å². The van der Waals surface area contributed by atoms with E-state index in [0.717, 1.165) is 12.1 Å². The molecule has 2 N–H and O–H groups in total. The third kappa shape index (κ3) is 5.66. The molecule has 3 aromatic rings. The largest absolute Gasteiger partial charge is 0.457 e. The molecular formula is C24H22F2N2O3. The fraction of sp³-hybridized carbons (Fsp3) is 0.167. The zero-order chi connectivity index (χ0) is 22.4. The van der Waals surface area contributed by atoms with Crippen LogP contribution in [-0.2, 0) is 4.79 Å². The van der Waals surface area contributed by atoms with Gasteiger partial charge in [-0.15, -0.1) is 0 Å². The minimum absolute atomic E-state index is 0.320. The van der Waals surface area contributed by atoms with Crippen LogP contribution in [0.15, 0.2) is 72.8 Å². The lowest BCUT2D eigenvalue weighted by molar-refractivity contribution is -0.118. The van der Waals surface area contributed by atoms with Crippen molar-refractivity contribution in [1.29, 1.82) is 0 Å². The van der Waals surface area contributed by atoms with Crippen LogP contribution in [-0.4, -0.2) is 17.9 Å². The van der Waals surface area contributed by atoms with Gasteiger partial charge in [0, 0.05) is 5.69 Å². The lowest BCUT2D eigenvalue weighted by atomic mass is 10.0. The Balaban J connectivity index is 1.67. The van der Waals surface area contributed by atoms with E-state index in [2.05, 4.69) is 10.6 Å². The highest BCUT2D eigenvalue weighted by atomic mass is 19.1. The predicted molar refractivity (Wildman–Crippen MR) is 114 cm³/mol. The number of carbonyl (C=O) groups excluding carboxylic acids is 2. The Morgan fingerprint density at radius 3 is 1.97 bits per heavy atom. The molecular weight excluding hydrogens is 402 g/mol. The van der Waals surface area contributed by atoms with Crippen LogP contribution in [0.2, 0.25) is 0 Å². The predicted octanol–water partition coefficient (Wildman–Crippen LogP) is 5.15. The molecule has 0 heterocycles. The molecule has 0 aromatic heterocycles. The Labute approximate surface area is 179 Å². The van der Waals surface area contributed by atoms with Crippen LogP contribution in [0.25, 0.3) is 0 Å². The third-order valence-electron chi connectivity index (χ3n) is 4.53. The van der Waals surface area contributed by atoms with E-state index in [1.165, 1.54) is 6.07 Å². The van der Waals surface area contributed by atoms with Gasteiger partial charge in [0.2, 0.25) is 5.91 Å². The number of ether oxygens (including phenoxy) is 1. The van der Waals surface area contributed by atoms with Crippen LogP contribution in [0.5, 0.6) is 11.5 Å². The second-order valence-corrected chi connectivity index (χ2v) is 7.22.